The minimum Gasteiger partial charge on any atom is -0.301 e. The first-order chi connectivity index (χ1) is 5.77. The van der Waals surface area contributed by atoms with Crippen LogP contribution in [0.5, 0.6) is 0 Å². The molecule has 0 saturated carbocycles. The quantitative estimate of drug-likeness (QED) is 0.627. The molecule has 0 amide bonds. The third kappa shape index (κ3) is 2.22. The molecule has 0 N–H and O–H groups in total. The zero-order valence-corrected chi connectivity index (χ0v) is 8.08. The molecule has 1 atom stereocenters. The molecule has 1 heterocycles. The van der Waals surface area contributed by atoms with Crippen molar-refractivity contribution in [3.63, 3.8) is 0 Å². The molecule has 0 aliphatic carbocycles. The average molecular weight is 166 g/mol. The van der Waals surface area contributed by atoms with E-state index in [1.54, 1.807) is 0 Å². The molecule has 1 aliphatic heterocycles. The normalized spacial score (nSPS) is 23.4. The van der Waals surface area contributed by atoms with Crippen LogP contribution >= 0.6 is 0 Å². The van der Waals surface area contributed by atoms with Gasteiger partial charge in [0.15, 0.2) is 0 Å². The molecule has 1 aliphatic rings. The van der Waals surface area contributed by atoms with Gasteiger partial charge in [-0.05, 0) is 39.3 Å². The summed E-state index contributed by atoms with van der Waals surface area (Å²) in [4.78, 5) is 2.49. The highest BCUT2D eigenvalue weighted by molar-refractivity contribution is 4.88. The van der Waals surface area contributed by atoms with E-state index in [4.69, 9.17) is 5.26 Å². The average Bonchev–Trinajstić information content (AvgIpc) is 2.17. The van der Waals surface area contributed by atoms with E-state index >= 15 is 0 Å². The second-order valence-corrected chi connectivity index (χ2v) is 3.70. The summed E-state index contributed by atoms with van der Waals surface area (Å²) in [5.74, 6) is 0.324. The Morgan fingerprint density at radius 1 is 1.50 bits per heavy atom. The maximum absolute atomic E-state index is 8.70. The first-order valence-corrected chi connectivity index (χ1v) is 4.91. The summed E-state index contributed by atoms with van der Waals surface area (Å²) in [6, 6.07) is 3.05. The van der Waals surface area contributed by atoms with E-state index in [-0.39, 0.29) is 0 Å². The molecular weight excluding hydrogens is 148 g/mol. The molecule has 2 heteroatoms. The molecule has 1 rings (SSSR count). The smallest absolute Gasteiger partial charge is 0.0656 e. The Balaban J connectivity index is 2.31. The van der Waals surface area contributed by atoms with Gasteiger partial charge in [0, 0.05) is 12.0 Å². The van der Waals surface area contributed by atoms with Crippen molar-refractivity contribution in [2.24, 2.45) is 5.92 Å². The van der Waals surface area contributed by atoms with Crippen LogP contribution in [0.1, 0.15) is 33.1 Å². The van der Waals surface area contributed by atoms with E-state index in [9.17, 15) is 0 Å². The van der Waals surface area contributed by atoms with Gasteiger partial charge in [0.25, 0.3) is 0 Å². The number of nitrogens with zero attached hydrogens (tertiary/aromatic N) is 2. The fourth-order valence-electron chi connectivity index (χ4n) is 1.73. The molecule has 68 valence electrons. The van der Waals surface area contributed by atoms with Crippen LogP contribution in [0.3, 0.4) is 0 Å². The van der Waals surface area contributed by atoms with Crippen LogP contribution in [0.25, 0.3) is 0 Å². The van der Waals surface area contributed by atoms with Crippen molar-refractivity contribution in [1.29, 1.82) is 5.26 Å². The Bertz CT molecular complexity index is 163. The van der Waals surface area contributed by atoms with Crippen molar-refractivity contribution in [2.75, 3.05) is 13.1 Å². The van der Waals surface area contributed by atoms with Gasteiger partial charge in [0.2, 0.25) is 0 Å². The standard InChI is InChI=1S/C10H18N2/c1-3-9(2)12-6-4-10(8-11)5-7-12/h9-10H,3-7H2,1-2H3. The Labute approximate surface area is 75.2 Å². The Morgan fingerprint density at radius 3 is 2.50 bits per heavy atom. The van der Waals surface area contributed by atoms with Crippen molar-refractivity contribution < 1.29 is 0 Å². The minimum atomic E-state index is 0.324. The summed E-state index contributed by atoms with van der Waals surface area (Å²) in [6.07, 6.45) is 3.36. The zero-order chi connectivity index (χ0) is 8.97. The Kier molecular flexibility index (Phi) is 3.55. The summed E-state index contributed by atoms with van der Waals surface area (Å²) < 4.78 is 0. The fraction of sp³-hybridized carbons (Fsp3) is 0.900. The molecular formula is C10H18N2. The lowest BCUT2D eigenvalue weighted by molar-refractivity contribution is 0.153. The maximum Gasteiger partial charge on any atom is 0.0656 e. The van der Waals surface area contributed by atoms with Crippen molar-refractivity contribution in [2.45, 2.75) is 39.2 Å². The van der Waals surface area contributed by atoms with Crippen molar-refractivity contribution in [3.8, 4) is 6.07 Å². The van der Waals surface area contributed by atoms with Crippen molar-refractivity contribution in [1.82, 2.24) is 4.90 Å². The van der Waals surface area contributed by atoms with Crippen LogP contribution < -0.4 is 0 Å². The fourth-order valence-corrected chi connectivity index (χ4v) is 1.73. The topological polar surface area (TPSA) is 27.0 Å². The number of piperidine rings is 1. The van der Waals surface area contributed by atoms with Gasteiger partial charge in [-0.25, -0.2) is 0 Å². The molecule has 2 nitrogen and oxygen atoms in total. The molecule has 12 heavy (non-hydrogen) atoms. The third-order valence-corrected chi connectivity index (χ3v) is 2.93. The Morgan fingerprint density at radius 2 is 2.08 bits per heavy atom. The molecule has 0 aromatic heterocycles. The molecule has 1 fully saturated rings. The highest BCUT2D eigenvalue weighted by Crippen LogP contribution is 2.18. The predicted octanol–water partition coefficient (Wildman–Crippen LogP) is 2.02. The third-order valence-electron chi connectivity index (χ3n) is 2.93. The zero-order valence-electron chi connectivity index (χ0n) is 8.08. The number of rotatable bonds is 2. The minimum absolute atomic E-state index is 0.324. The first-order valence-electron chi connectivity index (χ1n) is 4.91. The second-order valence-electron chi connectivity index (χ2n) is 3.70. The number of nitriles is 1. The molecule has 1 unspecified atom stereocenters. The van der Waals surface area contributed by atoms with Gasteiger partial charge in [0.05, 0.1) is 6.07 Å². The van der Waals surface area contributed by atoms with Gasteiger partial charge in [-0.15, -0.1) is 0 Å². The van der Waals surface area contributed by atoms with Gasteiger partial charge in [-0.2, -0.15) is 5.26 Å². The summed E-state index contributed by atoms with van der Waals surface area (Å²) in [5, 5.41) is 8.70. The lowest BCUT2D eigenvalue weighted by Crippen LogP contribution is -2.39. The molecule has 0 aromatic carbocycles. The molecule has 1 saturated heterocycles. The molecule has 0 radical (unpaired) electrons. The lowest BCUT2D eigenvalue weighted by Gasteiger charge is -2.33. The number of hydrogen-bond donors (Lipinski definition) is 0. The maximum atomic E-state index is 8.70. The summed E-state index contributed by atoms with van der Waals surface area (Å²) in [7, 11) is 0. The van der Waals surface area contributed by atoms with E-state index in [0.29, 0.717) is 12.0 Å². The van der Waals surface area contributed by atoms with Gasteiger partial charge >= 0.3 is 0 Å². The summed E-state index contributed by atoms with van der Waals surface area (Å²) in [5.41, 5.74) is 0. The van der Waals surface area contributed by atoms with Crippen LogP contribution in [0, 0.1) is 17.2 Å². The summed E-state index contributed by atoms with van der Waals surface area (Å²) in [6.45, 7) is 6.73. The van der Waals surface area contributed by atoms with E-state index in [1.165, 1.54) is 6.42 Å². The van der Waals surface area contributed by atoms with Gasteiger partial charge < -0.3 is 4.90 Å². The highest BCUT2D eigenvalue weighted by Gasteiger charge is 2.20. The first kappa shape index (κ1) is 9.54. The molecule has 0 aromatic rings. The van der Waals surface area contributed by atoms with E-state index < -0.39 is 0 Å². The van der Waals surface area contributed by atoms with E-state index in [2.05, 4.69) is 24.8 Å². The lowest BCUT2D eigenvalue weighted by atomic mass is 9.97. The van der Waals surface area contributed by atoms with Gasteiger partial charge in [0.1, 0.15) is 0 Å². The summed E-state index contributed by atoms with van der Waals surface area (Å²) >= 11 is 0. The van der Waals surface area contributed by atoms with Crippen LogP contribution in [0.15, 0.2) is 0 Å². The van der Waals surface area contributed by atoms with Crippen LogP contribution in [-0.2, 0) is 0 Å². The van der Waals surface area contributed by atoms with E-state index in [0.717, 1.165) is 25.9 Å². The highest BCUT2D eigenvalue weighted by atomic mass is 15.2. The van der Waals surface area contributed by atoms with Crippen molar-refractivity contribution >= 4 is 0 Å². The molecule has 0 bridgehead atoms. The number of hydrogen-bond acceptors (Lipinski definition) is 2. The van der Waals surface area contributed by atoms with Crippen LogP contribution in [0.2, 0.25) is 0 Å². The SMILES string of the molecule is CCC(C)N1CCC(C#N)CC1. The van der Waals surface area contributed by atoms with Crippen LogP contribution in [-0.4, -0.2) is 24.0 Å². The van der Waals surface area contributed by atoms with Gasteiger partial charge in [-0.3, -0.25) is 0 Å². The molecule has 0 spiro atoms. The second kappa shape index (κ2) is 4.47. The Hall–Kier alpha value is -0.550. The number of likely N-dealkylation sites (tertiary alicyclic amines) is 1. The predicted molar refractivity (Wildman–Crippen MR) is 49.7 cm³/mol. The van der Waals surface area contributed by atoms with Crippen molar-refractivity contribution in [3.05, 3.63) is 0 Å². The van der Waals surface area contributed by atoms with Crippen LogP contribution in [0.4, 0.5) is 0 Å². The van der Waals surface area contributed by atoms with E-state index in [1.807, 2.05) is 0 Å². The van der Waals surface area contributed by atoms with Gasteiger partial charge in [-0.1, -0.05) is 6.92 Å². The monoisotopic (exact) mass is 166 g/mol. The largest absolute Gasteiger partial charge is 0.301 e.